The molecule has 1 aromatic rings. The van der Waals surface area contributed by atoms with Gasteiger partial charge in [0.25, 0.3) is 11.8 Å². The molecule has 5 atom stereocenters. The lowest BCUT2D eigenvalue weighted by Gasteiger charge is -2.28. The van der Waals surface area contributed by atoms with Crippen LogP contribution < -0.4 is 21.4 Å². The van der Waals surface area contributed by atoms with Crippen LogP contribution in [-0.2, 0) is 59.2 Å². The van der Waals surface area contributed by atoms with Crippen molar-refractivity contribution < 1.29 is 72.7 Å². The smallest absolute Gasteiger partial charge is 0.408 e. The van der Waals surface area contributed by atoms with E-state index in [1.54, 1.807) is 30.3 Å². The number of carboxylic acids is 3. The van der Waals surface area contributed by atoms with Crippen molar-refractivity contribution in [1.82, 2.24) is 26.4 Å². The zero-order chi connectivity index (χ0) is 37.5. The van der Waals surface area contributed by atoms with E-state index in [-0.39, 0.29) is 13.2 Å². The topological polar surface area (TPSA) is 297 Å². The van der Waals surface area contributed by atoms with Gasteiger partial charge in [0.2, 0.25) is 11.8 Å². The highest BCUT2D eigenvalue weighted by molar-refractivity contribution is 5.97. The van der Waals surface area contributed by atoms with Gasteiger partial charge in [-0.2, -0.15) is 0 Å². The lowest BCUT2D eigenvalue weighted by atomic mass is 10.0. The van der Waals surface area contributed by atoms with Crippen molar-refractivity contribution in [2.75, 3.05) is 13.2 Å². The number of hydrogen-bond donors (Lipinski definition) is 7. The van der Waals surface area contributed by atoms with E-state index >= 15 is 0 Å². The van der Waals surface area contributed by atoms with Gasteiger partial charge in [-0.25, -0.2) is 14.6 Å². The predicted molar refractivity (Wildman–Crippen MR) is 164 cm³/mol. The van der Waals surface area contributed by atoms with Crippen LogP contribution in [-0.4, -0.2) is 117 Å². The first-order valence-corrected chi connectivity index (χ1v) is 15.2. The summed E-state index contributed by atoms with van der Waals surface area (Å²) in [4.78, 5) is 111. The summed E-state index contributed by atoms with van der Waals surface area (Å²) in [5.74, 6) is -10.6. The minimum atomic E-state index is -1.78. The molecule has 20 nitrogen and oxygen atoms in total. The third-order valence-electron chi connectivity index (χ3n) is 6.79. The maximum absolute atomic E-state index is 13.4. The van der Waals surface area contributed by atoms with E-state index in [4.69, 9.17) is 14.2 Å². The van der Waals surface area contributed by atoms with Gasteiger partial charge < -0.3 is 45.5 Å². The summed E-state index contributed by atoms with van der Waals surface area (Å²) in [5.41, 5.74) is 2.66. The van der Waals surface area contributed by atoms with Crippen LogP contribution in [0.1, 0.15) is 45.6 Å². The largest absolute Gasteiger partial charge is 0.481 e. The quantitative estimate of drug-likeness (QED) is 0.0490. The second kappa shape index (κ2) is 19.3. The number of esters is 1. The summed E-state index contributed by atoms with van der Waals surface area (Å²) < 4.78 is 14.8. The number of alkyl carbamates (subject to hydrolysis) is 1. The van der Waals surface area contributed by atoms with Crippen molar-refractivity contribution in [2.45, 2.75) is 77.0 Å². The normalized spacial score (nSPS) is 16.4. The Hall–Kier alpha value is -5.79. The predicted octanol–water partition coefficient (Wildman–Crippen LogP) is -1.48. The molecule has 274 valence electrons. The van der Waals surface area contributed by atoms with Crippen molar-refractivity contribution in [1.29, 1.82) is 0 Å². The molecule has 1 fully saturated rings. The summed E-state index contributed by atoms with van der Waals surface area (Å²) in [7, 11) is 0. The highest BCUT2D eigenvalue weighted by atomic mass is 16.6. The summed E-state index contributed by atoms with van der Waals surface area (Å²) in [5, 5.41) is 34.8. The lowest BCUT2D eigenvalue weighted by molar-refractivity contribution is -0.151. The molecular weight excluding hydrogens is 670 g/mol. The van der Waals surface area contributed by atoms with Crippen LogP contribution in [0.15, 0.2) is 30.3 Å². The number of amides is 5. The molecule has 20 heteroatoms. The SMILES string of the molecule is CCOC(=O)[C@@H]1O[C@H]1C(=O)N(CC(=O)O)NC(=O)C(NC(=O)C(CCC(=O)O)NC(=O)C(CC(=O)O)NC(=O)OCc1ccccc1)C(C)C. The fraction of sp³-hybridized carbons (Fsp3) is 0.500. The lowest BCUT2D eigenvalue weighted by Crippen LogP contribution is -2.60. The van der Waals surface area contributed by atoms with Gasteiger partial charge in [0.15, 0.2) is 12.2 Å². The number of hydrazine groups is 1. The van der Waals surface area contributed by atoms with Crippen LogP contribution >= 0.6 is 0 Å². The number of hydrogen-bond acceptors (Lipinski definition) is 12. The van der Waals surface area contributed by atoms with E-state index in [1.165, 1.54) is 20.8 Å². The van der Waals surface area contributed by atoms with Crippen molar-refractivity contribution in [3.05, 3.63) is 35.9 Å². The monoisotopic (exact) mass is 709 g/mol. The van der Waals surface area contributed by atoms with E-state index in [1.807, 2.05) is 0 Å². The fourth-order valence-electron chi connectivity index (χ4n) is 4.26. The highest BCUT2D eigenvalue weighted by Crippen LogP contribution is 2.25. The van der Waals surface area contributed by atoms with Crippen molar-refractivity contribution in [2.24, 2.45) is 5.92 Å². The van der Waals surface area contributed by atoms with Crippen molar-refractivity contribution in [3.8, 4) is 0 Å². The fourth-order valence-corrected chi connectivity index (χ4v) is 4.26. The highest BCUT2D eigenvalue weighted by Gasteiger charge is 2.53. The Morgan fingerprint density at radius 2 is 1.44 bits per heavy atom. The number of carbonyl (C=O) groups excluding carboxylic acids is 6. The summed E-state index contributed by atoms with van der Waals surface area (Å²) in [6.07, 6.45) is -6.10. The number of nitrogens with zero attached hydrogens (tertiary/aromatic N) is 1. The molecule has 1 aliphatic rings. The van der Waals surface area contributed by atoms with Gasteiger partial charge in [-0.3, -0.25) is 39.0 Å². The second-order valence-corrected chi connectivity index (χ2v) is 11.1. The number of rotatable bonds is 19. The van der Waals surface area contributed by atoms with Crippen LogP contribution in [0.4, 0.5) is 4.79 Å². The molecular formula is C30H39N5O15. The molecule has 0 radical (unpaired) electrons. The standard InChI is InChI=1S/C30H39N5O15/c1-4-48-29(46)24-23(50-24)28(45)35(13-21(40)41)34-27(44)22(15(2)3)33-25(42)17(10-11-19(36)37)31-26(43)18(12-20(38)39)32-30(47)49-14-16-8-6-5-7-9-16/h5-9,15,17-18,22-24H,4,10-14H2,1-3H3,(H,31,43)(H,32,47)(H,33,42)(H,34,44)(H,36,37)(H,38,39)(H,40,41)/t17?,18?,22?,23-,24-/m1/s1. The van der Waals surface area contributed by atoms with Crippen LogP contribution in [0.2, 0.25) is 0 Å². The van der Waals surface area contributed by atoms with Crippen molar-refractivity contribution >= 4 is 53.6 Å². The van der Waals surface area contributed by atoms with Crippen LogP contribution in [0.3, 0.4) is 0 Å². The van der Waals surface area contributed by atoms with Gasteiger partial charge in [-0.1, -0.05) is 44.2 Å². The Kier molecular flexibility index (Phi) is 15.6. The van der Waals surface area contributed by atoms with Gasteiger partial charge in [-0.15, -0.1) is 0 Å². The molecule has 0 aromatic heterocycles. The van der Waals surface area contributed by atoms with Gasteiger partial charge in [-0.05, 0) is 24.8 Å². The Balaban J connectivity index is 2.18. The number of carbonyl (C=O) groups is 9. The van der Waals surface area contributed by atoms with Crippen molar-refractivity contribution in [3.63, 3.8) is 0 Å². The molecule has 0 aliphatic carbocycles. The second-order valence-electron chi connectivity index (χ2n) is 11.1. The van der Waals surface area contributed by atoms with E-state index in [9.17, 15) is 58.5 Å². The zero-order valence-corrected chi connectivity index (χ0v) is 27.3. The molecule has 0 saturated carbocycles. The van der Waals surface area contributed by atoms with Crippen LogP contribution in [0.25, 0.3) is 0 Å². The maximum atomic E-state index is 13.4. The Labute approximate surface area is 284 Å². The van der Waals surface area contributed by atoms with E-state index in [0.717, 1.165) is 0 Å². The number of epoxide rings is 1. The minimum Gasteiger partial charge on any atom is -0.481 e. The average Bonchev–Trinajstić information content (AvgIpc) is 3.84. The molecule has 3 unspecified atom stereocenters. The van der Waals surface area contributed by atoms with E-state index in [2.05, 4.69) is 21.4 Å². The zero-order valence-electron chi connectivity index (χ0n) is 27.3. The first-order valence-electron chi connectivity index (χ1n) is 15.2. The number of nitrogens with one attached hydrogen (secondary N) is 4. The molecule has 1 saturated heterocycles. The molecule has 1 aliphatic heterocycles. The number of ether oxygens (including phenoxy) is 3. The van der Waals surface area contributed by atoms with Gasteiger partial charge in [0.05, 0.1) is 13.0 Å². The first kappa shape index (κ1) is 40.4. The molecule has 7 N–H and O–H groups in total. The average molecular weight is 710 g/mol. The molecule has 50 heavy (non-hydrogen) atoms. The van der Waals surface area contributed by atoms with Crippen LogP contribution in [0, 0.1) is 5.92 Å². The van der Waals surface area contributed by atoms with Gasteiger partial charge >= 0.3 is 30.0 Å². The minimum absolute atomic E-state index is 0.0170. The summed E-state index contributed by atoms with van der Waals surface area (Å²) in [6, 6.07) is 3.41. The summed E-state index contributed by atoms with van der Waals surface area (Å²) in [6.45, 7) is 3.15. The van der Waals surface area contributed by atoms with Crippen LogP contribution in [0.5, 0.6) is 0 Å². The molecule has 1 aromatic carbocycles. The molecule has 5 amide bonds. The molecule has 0 spiro atoms. The number of aliphatic carboxylic acids is 3. The Bertz CT molecular complexity index is 1440. The van der Waals surface area contributed by atoms with Gasteiger partial charge in [0, 0.05) is 6.42 Å². The molecule has 0 bridgehead atoms. The van der Waals surface area contributed by atoms with Gasteiger partial charge in [0.1, 0.15) is 31.3 Å². The van der Waals surface area contributed by atoms with E-state index in [0.29, 0.717) is 10.6 Å². The maximum Gasteiger partial charge on any atom is 0.408 e. The Morgan fingerprint density at radius 1 is 0.800 bits per heavy atom. The molecule has 1 heterocycles. The molecule has 2 rings (SSSR count). The third kappa shape index (κ3) is 13.4. The number of carboxylic acid groups (broad SMARTS) is 3. The Morgan fingerprint density at radius 3 is 2.00 bits per heavy atom. The van der Waals surface area contributed by atoms with E-state index < -0.39 is 116 Å². The third-order valence-corrected chi connectivity index (χ3v) is 6.79. The number of benzene rings is 1. The summed E-state index contributed by atoms with van der Waals surface area (Å²) >= 11 is 0. The first-order chi connectivity index (χ1) is 23.5.